The van der Waals surface area contributed by atoms with Gasteiger partial charge in [0.1, 0.15) is 4.88 Å². The van der Waals surface area contributed by atoms with Gasteiger partial charge in [0.25, 0.3) is 0 Å². The van der Waals surface area contributed by atoms with Crippen LogP contribution in [0.15, 0.2) is 34.7 Å². The van der Waals surface area contributed by atoms with Crippen molar-refractivity contribution in [2.24, 2.45) is 0 Å². The lowest BCUT2D eigenvalue weighted by molar-refractivity contribution is -0.714. The maximum Gasteiger partial charge on any atom is 0.352 e. The molecule has 2 heterocycles. The highest BCUT2D eigenvalue weighted by Crippen LogP contribution is 2.39. The van der Waals surface area contributed by atoms with E-state index in [1.807, 2.05) is 31.4 Å². The van der Waals surface area contributed by atoms with E-state index < -0.39 is 0 Å². The van der Waals surface area contributed by atoms with E-state index in [9.17, 15) is 4.79 Å². The number of rotatable bonds is 2. The van der Waals surface area contributed by atoms with Gasteiger partial charge >= 0.3 is 11.7 Å². The number of carbonyl (C=O) groups excluding carboxylic acids is 1. The van der Waals surface area contributed by atoms with Crippen molar-refractivity contribution in [3.8, 4) is 10.4 Å². The molecule has 1 aliphatic heterocycles. The Morgan fingerprint density at radius 2 is 2.06 bits per heavy atom. The van der Waals surface area contributed by atoms with E-state index in [1.54, 1.807) is 23.1 Å². The fraction of sp³-hybridized carbons (Fsp3) is 0.231. The van der Waals surface area contributed by atoms with Crippen molar-refractivity contribution in [3.05, 3.63) is 30.3 Å². The molecule has 0 spiro atoms. The van der Waals surface area contributed by atoms with Gasteiger partial charge in [-0.1, -0.05) is 53.4 Å². The molecule has 3 rings (SSSR count). The minimum atomic E-state index is -0.115. The third-order valence-corrected chi connectivity index (χ3v) is 5.36. The predicted molar refractivity (Wildman–Crippen MR) is 75.1 cm³/mol. The molecule has 2 aromatic rings. The van der Waals surface area contributed by atoms with Crippen molar-refractivity contribution in [2.45, 2.75) is 17.3 Å². The van der Waals surface area contributed by atoms with E-state index in [4.69, 9.17) is 0 Å². The second kappa shape index (κ2) is 4.40. The Hall–Kier alpha value is -1.33. The molecule has 5 heteroatoms. The number of thiazole rings is 1. The Morgan fingerprint density at radius 3 is 2.72 bits per heavy atom. The fourth-order valence-corrected chi connectivity index (χ4v) is 4.17. The summed E-state index contributed by atoms with van der Waals surface area (Å²) in [4.78, 5) is 12.9. The third-order valence-electron chi connectivity index (χ3n) is 3.06. The van der Waals surface area contributed by atoms with E-state index >= 15 is 0 Å². The van der Waals surface area contributed by atoms with E-state index in [-0.39, 0.29) is 11.9 Å². The van der Waals surface area contributed by atoms with Crippen LogP contribution in [0, 0.1) is 0 Å². The first kappa shape index (κ1) is 11.7. The maximum absolute atomic E-state index is 11.8. The Bertz CT molecular complexity index is 607. The molecule has 1 unspecified atom stereocenters. The van der Waals surface area contributed by atoms with Gasteiger partial charge in [0.2, 0.25) is 10.4 Å². The molecule has 1 aliphatic rings. The van der Waals surface area contributed by atoms with Crippen LogP contribution in [0.25, 0.3) is 10.4 Å². The molecule has 0 aliphatic carbocycles. The summed E-state index contributed by atoms with van der Waals surface area (Å²) in [6.45, 7) is 1.94. The van der Waals surface area contributed by atoms with E-state index in [0.717, 1.165) is 20.6 Å². The summed E-state index contributed by atoms with van der Waals surface area (Å²) in [7, 11) is 0. The molecule has 0 saturated heterocycles. The standard InChI is InChI=1S/C13H12N2OS2/c1-8-12(16)14-11-10(9-6-4-3-5-7-9)18-13(17-2)15(8)11/h3-8H,1-2H3/p+1. The third kappa shape index (κ3) is 1.66. The van der Waals surface area contributed by atoms with E-state index in [1.165, 1.54) is 0 Å². The van der Waals surface area contributed by atoms with Gasteiger partial charge in [-0.25, -0.2) is 10.1 Å². The number of nitrogens with one attached hydrogen (secondary N) is 1. The Morgan fingerprint density at radius 1 is 1.33 bits per heavy atom. The van der Waals surface area contributed by atoms with Crippen LogP contribution >= 0.6 is 23.1 Å². The molecule has 1 N–H and O–H groups in total. The number of carbonyl (C=O) groups is 1. The van der Waals surface area contributed by atoms with Gasteiger partial charge in [-0.15, -0.1) is 0 Å². The number of amides is 1. The summed E-state index contributed by atoms with van der Waals surface area (Å²) in [5, 5.41) is 2.99. The lowest BCUT2D eigenvalue weighted by atomic mass is 10.2. The fourth-order valence-electron chi connectivity index (χ4n) is 2.12. The van der Waals surface area contributed by atoms with Crippen LogP contribution in [0.2, 0.25) is 0 Å². The number of benzene rings is 1. The Labute approximate surface area is 114 Å². The summed E-state index contributed by atoms with van der Waals surface area (Å²) in [6.07, 6.45) is 2.05. The number of anilines is 1. The van der Waals surface area contributed by atoms with Crippen molar-refractivity contribution in [3.63, 3.8) is 0 Å². The minimum Gasteiger partial charge on any atom is -0.242 e. The van der Waals surface area contributed by atoms with Crippen molar-refractivity contribution < 1.29 is 9.36 Å². The molecule has 0 radical (unpaired) electrons. The largest absolute Gasteiger partial charge is 0.352 e. The molecular formula is C13H13N2OS2+. The van der Waals surface area contributed by atoms with Crippen LogP contribution in [-0.4, -0.2) is 12.2 Å². The highest BCUT2D eigenvalue weighted by atomic mass is 32.2. The Balaban J connectivity index is 2.20. The number of nitrogens with zero attached hydrogens (tertiary/aromatic N) is 1. The van der Waals surface area contributed by atoms with Crippen LogP contribution in [0.3, 0.4) is 0 Å². The van der Waals surface area contributed by atoms with Crippen molar-refractivity contribution >= 4 is 34.8 Å². The molecular weight excluding hydrogens is 264 g/mol. The van der Waals surface area contributed by atoms with Gasteiger partial charge in [0.15, 0.2) is 0 Å². The number of hydrogen-bond acceptors (Lipinski definition) is 3. The lowest BCUT2D eigenvalue weighted by Crippen LogP contribution is -2.36. The minimum absolute atomic E-state index is 0.0743. The van der Waals surface area contributed by atoms with Gasteiger partial charge in [-0.2, -0.15) is 4.57 Å². The van der Waals surface area contributed by atoms with Crippen LogP contribution < -0.4 is 9.88 Å². The second-order valence-electron chi connectivity index (χ2n) is 4.15. The molecule has 0 bridgehead atoms. The van der Waals surface area contributed by atoms with E-state index in [0.29, 0.717) is 0 Å². The van der Waals surface area contributed by atoms with Crippen LogP contribution in [-0.2, 0) is 4.79 Å². The molecule has 1 atom stereocenters. The van der Waals surface area contributed by atoms with Crippen molar-refractivity contribution in [1.29, 1.82) is 0 Å². The average molecular weight is 277 g/mol. The van der Waals surface area contributed by atoms with Crippen LogP contribution in [0.1, 0.15) is 13.0 Å². The Kier molecular flexibility index (Phi) is 2.87. The zero-order valence-electron chi connectivity index (χ0n) is 10.1. The molecule has 0 saturated carbocycles. The monoisotopic (exact) mass is 277 g/mol. The molecule has 92 valence electrons. The first-order chi connectivity index (χ1) is 8.72. The summed E-state index contributed by atoms with van der Waals surface area (Å²) >= 11 is 3.42. The SMILES string of the molecule is CSc1sc(-c2ccccc2)c2[n+]1C(C)C(=O)N2. The van der Waals surface area contributed by atoms with Gasteiger partial charge in [-0.3, -0.25) is 0 Å². The molecule has 0 fully saturated rings. The van der Waals surface area contributed by atoms with Gasteiger partial charge in [0.05, 0.1) is 0 Å². The van der Waals surface area contributed by atoms with Gasteiger partial charge in [0, 0.05) is 5.56 Å². The molecule has 1 amide bonds. The molecule has 1 aromatic heterocycles. The van der Waals surface area contributed by atoms with E-state index in [2.05, 4.69) is 22.0 Å². The highest BCUT2D eigenvalue weighted by Gasteiger charge is 2.41. The zero-order chi connectivity index (χ0) is 12.7. The molecule has 18 heavy (non-hydrogen) atoms. The maximum atomic E-state index is 11.8. The van der Waals surface area contributed by atoms with Gasteiger partial charge in [-0.05, 0) is 13.2 Å². The molecule has 1 aromatic carbocycles. The van der Waals surface area contributed by atoms with Crippen LogP contribution in [0.4, 0.5) is 5.82 Å². The summed E-state index contributed by atoms with van der Waals surface area (Å²) in [6, 6.07) is 10.1. The molecule has 3 nitrogen and oxygen atoms in total. The average Bonchev–Trinajstić information content (AvgIpc) is 2.90. The smallest absolute Gasteiger partial charge is 0.242 e. The first-order valence-electron chi connectivity index (χ1n) is 5.71. The predicted octanol–water partition coefficient (Wildman–Crippen LogP) is 2.94. The summed E-state index contributed by atoms with van der Waals surface area (Å²) < 4.78 is 3.26. The van der Waals surface area contributed by atoms with Crippen molar-refractivity contribution in [2.75, 3.05) is 11.6 Å². The number of fused-ring (bicyclic) bond motifs is 1. The summed E-state index contributed by atoms with van der Waals surface area (Å²) in [5.41, 5.74) is 1.15. The first-order valence-corrected chi connectivity index (χ1v) is 7.75. The van der Waals surface area contributed by atoms with Crippen LogP contribution in [0.5, 0.6) is 0 Å². The normalized spacial score (nSPS) is 17.7. The highest BCUT2D eigenvalue weighted by molar-refractivity contribution is 8.00. The number of thioether (sulfide) groups is 1. The summed E-state index contributed by atoms with van der Waals surface area (Å²) in [5.74, 6) is 1.01. The second-order valence-corrected chi connectivity index (χ2v) is 6.20. The number of aromatic nitrogens is 1. The lowest BCUT2D eigenvalue weighted by Gasteiger charge is -1.96. The number of hydrogen-bond donors (Lipinski definition) is 1. The van der Waals surface area contributed by atoms with Gasteiger partial charge < -0.3 is 0 Å². The zero-order valence-corrected chi connectivity index (χ0v) is 11.8. The van der Waals surface area contributed by atoms with Crippen molar-refractivity contribution in [1.82, 2.24) is 0 Å². The topological polar surface area (TPSA) is 33.0 Å². The quantitative estimate of drug-likeness (QED) is 0.676.